The van der Waals surface area contributed by atoms with Gasteiger partial charge in [-0.25, -0.2) is 0 Å². The number of nitrogens with one attached hydrogen (secondary N) is 1. The Morgan fingerprint density at radius 1 is 1.85 bits per heavy atom. The Morgan fingerprint density at radius 3 is 3.15 bits per heavy atom. The van der Waals surface area contributed by atoms with E-state index < -0.39 is 0 Å². The molecule has 74 valence electrons. The molecule has 0 aromatic heterocycles. The summed E-state index contributed by atoms with van der Waals surface area (Å²) in [5.74, 6) is 10.5. The lowest BCUT2D eigenvalue weighted by molar-refractivity contribution is 0.217. The first kappa shape index (κ1) is 10.9. The van der Waals surface area contributed by atoms with E-state index in [0.717, 1.165) is 12.3 Å². The zero-order valence-corrected chi connectivity index (χ0v) is 8.81. The Balaban J connectivity index is 2.50. The third-order valence-electron chi connectivity index (χ3n) is 2.46. The second kappa shape index (κ2) is 5.51. The molecular formula is C9H17N3S. The van der Waals surface area contributed by atoms with E-state index in [4.69, 9.17) is 12.3 Å². The molecule has 1 aliphatic heterocycles. The number of terminal acetylenes is 1. The highest BCUT2D eigenvalue weighted by molar-refractivity contribution is 7.99. The second-order valence-electron chi connectivity index (χ2n) is 3.30. The smallest absolute Gasteiger partial charge is 0.0483 e. The first-order valence-corrected chi connectivity index (χ1v) is 5.62. The van der Waals surface area contributed by atoms with Gasteiger partial charge in [0.25, 0.3) is 0 Å². The van der Waals surface area contributed by atoms with Crippen LogP contribution in [0.25, 0.3) is 0 Å². The van der Waals surface area contributed by atoms with Gasteiger partial charge in [0.1, 0.15) is 0 Å². The largest absolute Gasteiger partial charge is 0.300 e. The second-order valence-corrected chi connectivity index (χ2v) is 4.45. The fourth-order valence-corrected chi connectivity index (χ4v) is 2.87. The number of thioether (sulfide) groups is 1. The molecule has 2 unspecified atom stereocenters. The number of nitrogens with two attached hydrogens (primary N) is 1. The fraction of sp³-hybridized carbons (Fsp3) is 0.778. The van der Waals surface area contributed by atoms with Crippen LogP contribution < -0.4 is 11.3 Å². The van der Waals surface area contributed by atoms with Gasteiger partial charge in [0.2, 0.25) is 0 Å². The quantitative estimate of drug-likeness (QED) is 0.378. The summed E-state index contributed by atoms with van der Waals surface area (Å²) in [6.07, 6.45) is 5.99. The van der Waals surface area contributed by atoms with Gasteiger partial charge in [0.15, 0.2) is 0 Å². The van der Waals surface area contributed by atoms with E-state index >= 15 is 0 Å². The Kier molecular flexibility index (Phi) is 4.60. The van der Waals surface area contributed by atoms with Crippen molar-refractivity contribution in [3.8, 4) is 12.3 Å². The number of likely N-dealkylation sites (N-methyl/N-ethyl adjacent to an activating group) is 1. The number of rotatable bonds is 3. The molecule has 4 heteroatoms. The van der Waals surface area contributed by atoms with E-state index in [9.17, 15) is 0 Å². The molecule has 0 aromatic rings. The fourth-order valence-electron chi connectivity index (χ4n) is 1.56. The Labute approximate surface area is 84.4 Å². The molecule has 2 atom stereocenters. The maximum atomic E-state index is 5.47. The van der Waals surface area contributed by atoms with Gasteiger partial charge in [-0.05, 0) is 7.05 Å². The van der Waals surface area contributed by atoms with Gasteiger partial charge in [-0.2, -0.15) is 11.8 Å². The Morgan fingerprint density at radius 2 is 2.62 bits per heavy atom. The molecule has 0 radical (unpaired) electrons. The van der Waals surface area contributed by atoms with Crippen molar-refractivity contribution in [2.45, 2.75) is 18.5 Å². The lowest BCUT2D eigenvalue weighted by Crippen LogP contribution is -2.54. The van der Waals surface area contributed by atoms with E-state index in [0.29, 0.717) is 12.5 Å². The van der Waals surface area contributed by atoms with Crippen molar-refractivity contribution in [3.63, 3.8) is 0 Å². The topological polar surface area (TPSA) is 41.3 Å². The standard InChI is InChI=1S/C9H17N3S/c1-3-4-8(11-10)9-7-13-6-5-12(9)2/h1,8-9,11H,4-7,10H2,2H3. The van der Waals surface area contributed by atoms with Crippen LogP contribution in [-0.2, 0) is 0 Å². The Bertz CT molecular complexity index is 190. The molecule has 0 aromatic carbocycles. The number of hydrazine groups is 1. The van der Waals surface area contributed by atoms with Crippen LogP contribution in [0.4, 0.5) is 0 Å². The summed E-state index contributed by atoms with van der Waals surface area (Å²) in [7, 11) is 2.13. The SMILES string of the molecule is C#CCC(NN)C1CSCCN1C. The van der Waals surface area contributed by atoms with Crippen LogP contribution in [0.2, 0.25) is 0 Å². The highest BCUT2D eigenvalue weighted by Gasteiger charge is 2.26. The van der Waals surface area contributed by atoms with Crippen molar-refractivity contribution in [2.24, 2.45) is 5.84 Å². The third kappa shape index (κ3) is 2.89. The van der Waals surface area contributed by atoms with Gasteiger partial charge in [-0.15, -0.1) is 12.3 Å². The molecule has 1 aliphatic rings. The highest BCUT2D eigenvalue weighted by atomic mass is 32.2. The van der Waals surface area contributed by atoms with Crippen molar-refractivity contribution in [2.75, 3.05) is 25.1 Å². The molecule has 0 bridgehead atoms. The van der Waals surface area contributed by atoms with Gasteiger partial charge >= 0.3 is 0 Å². The van der Waals surface area contributed by atoms with Crippen molar-refractivity contribution < 1.29 is 0 Å². The molecule has 0 amide bonds. The maximum Gasteiger partial charge on any atom is 0.0483 e. The lowest BCUT2D eigenvalue weighted by Gasteiger charge is -2.36. The summed E-state index contributed by atoms with van der Waals surface area (Å²) in [5, 5.41) is 0. The van der Waals surface area contributed by atoms with E-state index in [2.05, 4.69) is 23.3 Å². The minimum Gasteiger partial charge on any atom is -0.300 e. The summed E-state index contributed by atoms with van der Waals surface area (Å²) in [5.41, 5.74) is 2.81. The van der Waals surface area contributed by atoms with Gasteiger partial charge in [-0.1, -0.05) is 0 Å². The minimum atomic E-state index is 0.225. The Hall–Kier alpha value is -0.210. The molecule has 1 heterocycles. The molecular weight excluding hydrogens is 182 g/mol. The number of nitrogens with zero attached hydrogens (tertiary/aromatic N) is 1. The van der Waals surface area contributed by atoms with Gasteiger partial charge < -0.3 is 4.90 Å². The summed E-state index contributed by atoms with van der Waals surface area (Å²) in [6.45, 7) is 1.12. The van der Waals surface area contributed by atoms with E-state index in [-0.39, 0.29) is 6.04 Å². The molecule has 1 saturated heterocycles. The molecule has 0 spiro atoms. The van der Waals surface area contributed by atoms with Crippen LogP contribution in [-0.4, -0.2) is 42.1 Å². The van der Waals surface area contributed by atoms with E-state index in [1.54, 1.807) is 0 Å². The normalized spacial score (nSPS) is 26.7. The first-order chi connectivity index (χ1) is 6.29. The van der Waals surface area contributed by atoms with Crippen LogP contribution in [0, 0.1) is 12.3 Å². The van der Waals surface area contributed by atoms with Crippen molar-refractivity contribution in [1.29, 1.82) is 0 Å². The van der Waals surface area contributed by atoms with Gasteiger partial charge in [0, 0.05) is 36.6 Å². The zero-order chi connectivity index (χ0) is 9.68. The third-order valence-corrected chi connectivity index (χ3v) is 3.51. The van der Waals surface area contributed by atoms with Crippen LogP contribution in [0.1, 0.15) is 6.42 Å². The molecule has 13 heavy (non-hydrogen) atoms. The molecule has 1 fully saturated rings. The van der Waals surface area contributed by atoms with Crippen molar-refractivity contribution in [3.05, 3.63) is 0 Å². The molecule has 1 rings (SSSR count). The molecule has 0 aliphatic carbocycles. The van der Waals surface area contributed by atoms with Crippen LogP contribution in [0.5, 0.6) is 0 Å². The van der Waals surface area contributed by atoms with Crippen molar-refractivity contribution in [1.82, 2.24) is 10.3 Å². The predicted molar refractivity (Wildman–Crippen MR) is 58.3 cm³/mol. The van der Waals surface area contributed by atoms with Crippen LogP contribution in [0.15, 0.2) is 0 Å². The maximum absolute atomic E-state index is 5.47. The predicted octanol–water partition coefficient (Wildman–Crippen LogP) is -0.111. The average Bonchev–Trinajstić information content (AvgIpc) is 2.16. The van der Waals surface area contributed by atoms with E-state index in [1.807, 2.05) is 11.8 Å². The average molecular weight is 199 g/mol. The zero-order valence-electron chi connectivity index (χ0n) is 7.99. The number of hydrogen-bond acceptors (Lipinski definition) is 4. The molecule has 0 saturated carbocycles. The summed E-state index contributed by atoms with van der Waals surface area (Å²) in [4.78, 5) is 2.33. The van der Waals surface area contributed by atoms with Crippen molar-refractivity contribution >= 4 is 11.8 Å². The monoisotopic (exact) mass is 199 g/mol. The van der Waals surface area contributed by atoms with Crippen LogP contribution in [0.3, 0.4) is 0 Å². The summed E-state index contributed by atoms with van der Waals surface area (Å²) >= 11 is 1.97. The highest BCUT2D eigenvalue weighted by Crippen LogP contribution is 2.18. The number of hydrogen-bond donors (Lipinski definition) is 2. The summed E-state index contributed by atoms with van der Waals surface area (Å²) < 4.78 is 0. The van der Waals surface area contributed by atoms with Gasteiger partial charge in [0.05, 0.1) is 0 Å². The molecule has 3 N–H and O–H groups in total. The summed E-state index contributed by atoms with van der Waals surface area (Å²) in [6, 6.07) is 0.697. The van der Waals surface area contributed by atoms with Gasteiger partial charge in [-0.3, -0.25) is 11.3 Å². The molecule has 3 nitrogen and oxygen atoms in total. The minimum absolute atomic E-state index is 0.225. The first-order valence-electron chi connectivity index (χ1n) is 4.47. The van der Waals surface area contributed by atoms with E-state index in [1.165, 1.54) is 5.75 Å². The lowest BCUT2D eigenvalue weighted by atomic mass is 10.1. The van der Waals surface area contributed by atoms with Crippen LogP contribution >= 0.6 is 11.8 Å².